The molecule has 2 aromatic carbocycles. The minimum Gasteiger partial charge on any atom is -0.444 e. The lowest BCUT2D eigenvalue weighted by molar-refractivity contribution is -0.152. The fourth-order valence-electron chi connectivity index (χ4n) is 5.85. The zero-order chi connectivity index (χ0) is 28.0. The molecule has 2 saturated heterocycles. The van der Waals surface area contributed by atoms with Gasteiger partial charge in [-0.15, -0.1) is 0 Å². The highest BCUT2D eigenvalue weighted by Crippen LogP contribution is 2.43. The molecule has 6 nitrogen and oxygen atoms in total. The highest BCUT2D eigenvalue weighted by molar-refractivity contribution is 5.82. The van der Waals surface area contributed by atoms with Gasteiger partial charge in [0.25, 0.3) is 0 Å². The van der Waals surface area contributed by atoms with Crippen LogP contribution in [0.15, 0.2) is 42.5 Å². The maximum absolute atomic E-state index is 14.9. The van der Waals surface area contributed by atoms with Crippen molar-refractivity contribution in [1.29, 1.82) is 0 Å². The van der Waals surface area contributed by atoms with Crippen molar-refractivity contribution < 1.29 is 32.6 Å². The first-order valence-corrected chi connectivity index (χ1v) is 12.9. The second-order valence-electron chi connectivity index (χ2n) is 11.6. The van der Waals surface area contributed by atoms with Crippen molar-refractivity contribution in [3.63, 3.8) is 0 Å². The highest BCUT2D eigenvalue weighted by atomic mass is 19.1. The van der Waals surface area contributed by atoms with Crippen molar-refractivity contribution in [3.8, 4) is 0 Å². The van der Waals surface area contributed by atoms with E-state index in [0.29, 0.717) is 5.56 Å². The van der Waals surface area contributed by atoms with Gasteiger partial charge >= 0.3 is 6.09 Å². The molecule has 2 heterocycles. The Morgan fingerprint density at radius 1 is 0.895 bits per heavy atom. The lowest BCUT2D eigenvalue weighted by Gasteiger charge is -2.48. The van der Waals surface area contributed by atoms with Crippen LogP contribution in [-0.2, 0) is 15.1 Å². The van der Waals surface area contributed by atoms with E-state index in [0.717, 1.165) is 12.1 Å². The zero-order valence-corrected chi connectivity index (χ0v) is 22.4. The summed E-state index contributed by atoms with van der Waals surface area (Å²) >= 11 is 0. The molecule has 2 amide bonds. The van der Waals surface area contributed by atoms with Crippen LogP contribution in [0.3, 0.4) is 0 Å². The van der Waals surface area contributed by atoms with Crippen molar-refractivity contribution in [3.05, 3.63) is 71.0 Å². The second kappa shape index (κ2) is 10.2. The molecule has 1 unspecified atom stereocenters. The summed E-state index contributed by atoms with van der Waals surface area (Å²) in [7, 11) is 0. The number of ether oxygens (including phenoxy) is 1. The van der Waals surface area contributed by atoms with Gasteiger partial charge in [0.1, 0.15) is 23.1 Å². The minimum atomic E-state index is -1.27. The van der Waals surface area contributed by atoms with Gasteiger partial charge in [-0.2, -0.15) is 0 Å². The molecule has 2 aliphatic rings. The van der Waals surface area contributed by atoms with Gasteiger partial charge in [0, 0.05) is 50.0 Å². The van der Waals surface area contributed by atoms with E-state index in [1.165, 1.54) is 23.1 Å². The normalized spacial score (nSPS) is 27.9. The van der Waals surface area contributed by atoms with Crippen molar-refractivity contribution in [2.24, 2.45) is 17.8 Å². The average molecular weight is 533 g/mol. The van der Waals surface area contributed by atoms with E-state index in [2.05, 4.69) is 0 Å². The number of rotatable bonds is 3. The van der Waals surface area contributed by atoms with Gasteiger partial charge in [-0.1, -0.05) is 32.0 Å². The molecule has 0 radical (unpaired) electrons. The number of carbonyl (C=O) groups excluding carboxylic acids is 2. The van der Waals surface area contributed by atoms with Crippen LogP contribution in [0.1, 0.15) is 51.7 Å². The van der Waals surface area contributed by atoms with E-state index in [1.54, 1.807) is 37.8 Å². The van der Waals surface area contributed by atoms with E-state index in [9.17, 15) is 27.9 Å². The van der Waals surface area contributed by atoms with Crippen LogP contribution >= 0.6 is 0 Å². The van der Waals surface area contributed by atoms with Gasteiger partial charge < -0.3 is 19.6 Å². The molecular weight excluding hydrogens is 497 g/mol. The van der Waals surface area contributed by atoms with Crippen molar-refractivity contribution in [2.75, 3.05) is 26.2 Å². The number of benzene rings is 2. The van der Waals surface area contributed by atoms with Crippen molar-refractivity contribution in [1.82, 2.24) is 9.80 Å². The molecule has 0 spiro atoms. The SMILES string of the molecule is C[C@@H]1CN(C(=O)[C@@H]2CN(C(=O)OC(C)(C)C)C[C@H]2c2ccc(F)cc2F)C[C@H](C)C1(O)c1ccc(F)cc1. The van der Waals surface area contributed by atoms with E-state index in [4.69, 9.17) is 4.74 Å². The number of piperidine rings is 1. The van der Waals surface area contributed by atoms with E-state index < -0.39 is 46.6 Å². The second-order valence-corrected chi connectivity index (χ2v) is 11.6. The number of carbonyl (C=O) groups is 2. The van der Waals surface area contributed by atoms with Crippen LogP contribution in [0.4, 0.5) is 18.0 Å². The fraction of sp³-hybridized carbons (Fsp3) is 0.517. The Kier molecular flexibility index (Phi) is 7.54. The molecule has 2 aromatic rings. The molecule has 2 aliphatic heterocycles. The monoisotopic (exact) mass is 532 g/mol. The third-order valence-electron chi connectivity index (χ3n) is 7.76. The summed E-state index contributed by atoms with van der Waals surface area (Å²) < 4.78 is 47.5. The Labute approximate surface area is 221 Å². The number of amides is 2. The number of halogens is 3. The summed E-state index contributed by atoms with van der Waals surface area (Å²) in [4.78, 5) is 29.8. The van der Waals surface area contributed by atoms with Gasteiger partial charge in [-0.05, 0) is 50.1 Å². The summed E-state index contributed by atoms with van der Waals surface area (Å²) in [5, 5.41) is 11.6. The molecular formula is C29H35F3N2O4. The van der Waals surface area contributed by atoms with Gasteiger partial charge in [0.15, 0.2) is 0 Å². The quantitative estimate of drug-likeness (QED) is 0.600. The number of aliphatic hydroxyl groups is 1. The summed E-state index contributed by atoms with van der Waals surface area (Å²) in [6.45, 7) is 9.38. The summed E-state index contributed by atoms with van der Waals surface area (Å²) in [6, 6.07) is 8.96. The Morgan fingerprint density at radius 2 is 1.47 bits per heavy atom. The van der Waals surface area contributed by atoms with Crippen LogP contribution in [0.2, 0.25) is 0 Å². The van der Waals surface area contributed by atoms with Gasteiger partial charge in [-0.25, -0.2) is 18.0 Å². The Hall–Kier alpha value is -3.07. The summed E-state index contributed by atoms with van der Waals surface area (Å²) in [6.07, 6.45) is -0.605. The number of nitrogens with zero attached hydrogens (tertiary/aromatic N) is 2. The average Bonchev–Trinajstić information content (AvgIpc) is 3.26. The Bertz CT molecular complexity index is 1190. The summed E-state index contributed by atoms with van der Waals surface area (Å²) in [5.41, 5.74) is -1.28. The first-order chi connectivity index (χ1) is 17.7. The molecule has 4 rings (SSSR count). The van der Waals surface area contributed by atoms with Crippen LogP contribution in [-0.4, -0.2) is 58.7 Å². The van der Waals surface area contributed by atoms with Gasteiger partial charge in [-0.3, -0.25) is 4.79 Å². The first kappa shape index (κ1) is 28.0. The molecule has 5 atom stereocenters. The molecule has 1 N–H and O–H groups in total. The zero-order valence-electron chi connectivity index (χ0n) is 22.4. The lowest BCUT2D eigenvalue weighted by atomic mass is 9.70. The predicted molar refractivity (Wildman–Crippen MR) is 136 cm³/mol. The molecule has 0 bridgehead atoms. The van der Waals surface area contributed by atoms with E-state index >= 15 is 0 Å². The van der Waals surface area contributed by atoms with E-state index in [-0.39, 0.29) is 49.5 Å². The maximum Gasteiger partial charge on any atom is 0.410 e. The molecule has 9 heteroatoms. The molecule has 2 fully saturated rings. The topological polar surface area (TPSA) is 70.1 Å². The Balaban J connectivity index is 1.60. The highest BCUT2D eigenvalue weighted by Gasteiger charge is 2.50. The molecule has 0 aromatic heterocycles. The van der Waals surface area contributed by atoms with Crippen molar-refractivity contribution >= 4 is 12.0 Å². The van der Waals surface area contributed by atoms with Gasteiger partial charge in [0.2, 0.25) is 5.91 Å². The fourth-order valence-corrected chi connectivity index (χ4v) is 5.85. The standard InChI is InChI=1S/C29H35F3N2O4/c1-17-13-33(14-18(2)29(17,37)19-6-8-20(30)9-7-19)26(35)24-16-34(27(36)38-28(3,4)5)15-23(24)22-11-10-21(31)12-25(22)32/h6-12,17-18,23-24,37H,13-16H2,1-5H3/t17-,18+,23-,24+,29?/m0/s1. The lowest BCUT2D eigenvalue weighted by Crippen LogP contribution is -2.57. The van der Waals surface area contributed by atoms with Crippen LogP contribution in [0.25, 0.3) is 0 Å². The largest absolute Gasteiger partial charge is 0.444 e. The Morgan fingerprint density at radius 3 is 2.03 bits per heavy atom. The number of hydrogen-bond donors (Lipinski definition) is 1. The maximum atomic E-state index is 14.9. The number of hydrogen-bond acceptors (Lipinski definition) is 4. The van der Waals surface area contributed by atoms with Crippen LogP contribution in [0, 0.1) is 35.2 Å². The third kappa shape index (κ3) is 5.39. The molecule has 0 aliphatic carbocycles. The molecule has 0 saturated carbocycles. The smallest absolute Gasteiger partial charge is 0.410 e. The summed E-state index contributed by atoms with van der Waals surface area (Å²) in [5.74, 6) is -4.42. The third-order valence-corrected chi connectivity index (χ3v) is 7.76. The molecule has 206 valence electrons. The first-order valence-electron chi connectivity index (χ1n) is 12.9. The van der Waals surface area contributed by atoms with Crippen molar-refractivity contribution in [2.45, 2.75) is 51.7 Å². The number of likely N-dealkylation sites (tertiary alicyclic amines) is 2. The minimum absolute atomic E-state index is 0.0245. The van der Waals surface area contributed by atoms with E-state index in [1.807, 2.05) is 13.8 Å². The van der Waals surface area contributed by atoms with Gasteiger partial charge in [0.05, 0.1) is 11.5 Å². The predicted octanol–water partition coefficient (Wildman–Crippen LogP) is 5.06. The molecule has 38 heavy (non-hydrogen) atoms. The van der Waals surface area contributed by atoms with Crippen LogP contribution < -0.4 is 0 Å². The van der Waals surface area contributed by atoms with Crippen LogP contribution in [0.5, 0.6) is 0 Å².